The summed E-state index contributed by atoms with van der Waals surface area (Å²) in [5.74, 6) is 0.898. The molecule has 8 rings (SSSR count). The van der Waals surface area contributed by atoms with Crippen LogP contribution in [0.5, 0.6) is 0 Å². The van der Waals surface area contributed by atoms with Gasteiger partial charge in [0.2, 0.25) is 0 Å². The van der Waals surface area contributed by atoms with Crippen LogP contribution in [-0.2, 0) is 26.6 Å². The van der Waals surface area contributed by atoms with E-state index in [0.29, 0.717) is 0 Å². The Bertz CT molecular complexity index is 2500. The van der Waals surface area contributed by atoms with Crippen LogP contribution >= 0.6 is 0 Å². The minimum absolute atomic E-state index is 0. The number of rotatable bonds is 5. The standard InChI is InChI=1S/C43H39N4Si.Pt/c1-30-14-7-8-17-35(30)31-24-25-44-42(26-31)47-38-19-10-9-18-36(38)37-23-22-34(28-41(37)47)48(5,6)33-16-13-15-32(27-33)45-29-46(43(2,3)4)40-21-12-11-20-39(40)45;/h7-26,29H,1-6H3;/q-1;. The van der Waals surface area contributed by atoms with Crippen LogP contribution in [-0.4, -0.2) is 26.8 Å². The SMILES string of the molecule is Cc1ccccc1-c1ccnc(-n2c3[c-]c([Si](C)(C)c4[c-]c(-n5[cH+]n(C(C)(C)C)c6ccccc65)ccc4)ccc3c3ccccc32)c1.[Pt]. The van der Waals surface area contributed by atoms with Gasteiger partial charge in [-0.15, -0.1) is 17.5 Å². The number of aryl methyl sites for hydroxylation is 1. The van der Waals surface area contributed by atoms with E-state index in [0.717, 1.165) is 28.1 Å². The summed E-state index contributed by atoms with van der Waals surface area (Å²) >= 11 is 0. The maximum Gasteiger partial charge on any atom is 0.188 e. The third kappa shape index (κ3) is 5.59. The molecule has 0 amide bonds. The van der Waals surface area contributed by atoms with Gasteiger partial charge >= 0.3 is 0 Å². The molecule has 0 aliphatic carbocycles. The fourth-order valence-corrected chi connectivity index (χ4v) is 9.22. The minimum Gasteiger partial charge on any atom is -0.319 e. The molecule has 0 aliphatic heterocycles. The number of hydrogen-bond acceptors (Lipinski definition) is 1. The van der Waals surface area contributed by atoms with Gasteiger partial charge in [0.15, 0.2) is 17.4 Å². The van der Waals surface area contributed by atoms with Crippen LogP contribution in [0.4, 0.5) is 0 Å². The molecule has 3 aromatic heterocycles. The first-order valence-corrected chi connectivity index (χ1v) is 19.6. The van der Waals surface area contributed by atoms with Gasteiger partial charge in [-0.1, -0.05) is 61.1 Å². The second kappa shape index (κ2) is 12.4. The molecule has 0 bridgehead atoms. The van der Waals surface area contributed by atoms with Crippen molar-refractivity contribution in [3.63, 3.8) is 0 Å². The molecule has 0 saturated heterocycles. The Morgan fingerprint density at radius 1 is 0.694 bits per heavy atom. The summed E-state index contributed by atoms with van der Waals surface area (Å²) in [6.07, 6.45) is 4.15. The minimum atomic E-state index is -2.24. The van der Waals surface area contributed by atoms with Crippen molar-refractivity contribution < 1.29 is 21.1 Å². The van der Waals surface area contributed by atoms with E-state index in [1.165, 1.54) is 43.3 Å². The number of hydrogen-bond donors (Lipinski definition) is 0. The van der Waals surface area contributed by atoms with Crippen molar-refractivity contribution in [3.05, 3.63) is 145 Å². The zero-order chi connectivity index (χ0) is 33.2. The van der Waals surface area contributed by atoms with Crippen molar-refractivity contribution >= 4 is 51.3 Å². The average molecular weight is 835 g/mol. The molecule has 5 aromatic carbocycles. The van der Waals surface area contributed by atoms with E-state index in [1.807, 2.05) is 6.20 Å². The molecule has 4 nitrogen and oxygen atoms in total. The van der Waals surface area contributed by atoms with Crippen LogP contribution in [0, 0.1) is 19.1 Å². The fraction of sp³-hybridized carbons (Fsp3) is 0.163. The second-order valence-corrected chi connectivity index (χ2v) is 18.6. The van der Waals surface area contributed by atoms with Gasteiger partial charge in [0.25, 0.3) is 0 Å². The van der Waals surface area contributed by atoms with Crippen molar-refractivity contribution in [2.75, 3.05) is 0 Å². The molecule has 0 spiro atoms. The van der Waals surface area contributed by atoms with Gasteiger partial charge in [-0.25, -0.2) is 14.1 Å². The zero-order valence-corrected chi connectivity index (χ0v) is 32.0. The first-order chi connectivity index (χ1) is 23.1. The Morgan fingerprint density at radius 3 is 2.16 bits per heavy atom. The van der Waals surface area contributed by atoms with Crippen LogP contribution in [0.15, 0.2) is 128 Å². The molecular weight excluding hydrogens is 796 g/mol. The predicted molar refractivity (Wildman–Crippen MR) is 204 cm³/mol. The van der Waals surface area contributed by atoms with Crippen LogP contribution in [0.2, 0.25) is 13.1 Å². The first kappa shape index (κ1) is 32.9. The monoisotopic (exact) mass is 834 g/mol. The summed E-state index contributed by atoms with van der Waals surface area (Å²) in [6.45, 7) is 13.7. The fourth-order valence-electron chi connectivity index (χ4n) is 7.05. The van der Waals surface area contributed by atoms with Gasteiger partial charge in [-0.3, -0.25) is 0 Å². The number of para-hydroxylation sites is 3. The van der Waals surface area contributed by atoms with Crippen molar-refractivity contribution in [2.24, 2.45) is 0 Å². The van der Waals surface area contributed by atoms with E-state index in [-0.39, 0.29) is 26.6 Å². The maximum atomic E-state index is 4.92. The molecule has 0 aliphatic rings. The van der Waals surface area contributed by atoms with E-state index in [1.54, 1.807) is 0 Å². The molecule has 49 heavy (non-hydrogen) atoms. The zero-order valence-electron chi connectivity index (χ0n) is 28.7. The number of fused-ring (bicyclic) bond motifs is 4. The molecule has 0 atom stereocenters. The Kier molecular flexibility index (Phi) is 8.33. The van der Waals surface area contributed by atoms with Crippen molar-refractivity contribution in [1.82, 2.24) is 18.7 Å². The van der Waals surface area contributed by atoms with Crippen molar-refractivity contribution in [3.8, 4) is 22.6 Å². The molecule has 3 heterocycles. The van der Waals surface area contributed by atoms with Gasteiger partial charge in [0, 0.05) is 50.6 Å². The second-order valence-electron chi connectivity index (χ2n) is 14.3. The number of pyridine rings is 1. The van der Waals surface area contributed by atoms with Crippen molar-refractivity contribution in [1.29, 1.82) is 0 Å². The summed E-state index contributed by atoms with van der Waals surface area (Å²) in [5.41, 5.74) is 9.22. The topological polar surface area (TPSA) is 27.7 Å². The van der Waals surface area contributed by atoms with Crippen LogP contribution in [0.25, 0.3) is 55.5 Å². The number of benzene rings is 5. The first-order valence-electron chi connectivity index (χ1n) is 16.6. The molecule has 246 valence electrons. The van der Waals surface area contributed by atoms with Crippen LogP contribution < -0.4 is 10.4 Å². The molecule has 0 saturated carbocycles. The number of imidazole rings is 1. The molecule has 0 unspecified atom stereocenters. The third-order valence-corrected chi connectivity index (χ3v) is 13.0. The van der Waals surface area contributed by atoms with Gasteiger partial charge in [-0.2, -0.15) is 40.7 Å². The molecule has 6 heteroatoms. The molecular formula is C43H39N4PtSi-. The largest absolute Gasteiger partial charge is 0.319 e. The van der Waals surface area contributed by atoms with E-state index in [9.17, 15) is 0 Å². The summed E-state index contributed by atoms with van der Waals surface area (Å²) in [4.78, 5) is 4.92. The van der Waals surface area contributed by atoms with Gasteiger partial charge in [-0.05, 0) is 80.1 Å². The Balaban J connectivity index is 0.00000378. The summed E-state index contributed by atoms with van der Waals surface area (Å²) in [5, 5.41) is 4.88. The average Bonchev–Trinajstić information content (AvgIpc) is 3.65. The van der Waals surface area contributed by atoms with Gasteiger partial charge in [0.05, 0.1) is 13.6 Å². The third-order valence-electron chi connectivity index (χ3n) is 9.75. The van der Waals surface area contributed by atoms with E-state index in [4.69, 9.17) is 4.98 Å². The molecule has 8 aromatic rings. The Hall–Kier alpha value is -4.57. The van der Waals surface area contributed by atoms with Gasteiger partial charge < -0.3 is 4.57 Å². The predicted octanol–water partition coefficient (Wildman–Crippen LogP) is 9.36. The van der Waals surface area contributed by atoms with E-state index >= 15 is 0 Å². The normalized spacial score (nSPS) is 12.1. The number of nitrogens with zero attached hydrogens (tertiary/aromatic N) is 4. The molecule has 0 fully saturated rings. The maximum absolute atomic E-state index is 4.92. The Morgan fingerprint density at radius 2 is 1.39 bits per heavy atom. The quantitative estimate of drug-likeness (QED) is 0.126. The summed E-state index contributed by atoms with van der Waals surface area (Å²) in [6, 6.07) is 49.1. The summed E-state index contributed by atoms with van der Waals surface area (Å²) < 4.78 is 6.93. The van der Waals surface area contributed by atoms with E-state index < -0.39 is 8.07 Å². The van der Waals surface area contributed by atoms with Crippen LogP contribution in [0.3, 0.4) is 0 Å². The Labute approximate surface area is 304 Å². The van der Waals surface area contributed by atoms with Gasteiger partial charge in [0.1, 0.15) is 5.82 Å². The molecule has 0 radical (unpaired) electrons. The van der Waals surface area contributed by atoms with Crippen LogP contribution in [0.1, 0.15) is 26.3 Å². The molecule has 0 N–H and O–H groups in total. The smallest absolute Gasteiger partial charge is 0.188 e. The number of aromatic nitrogens is 4. The van der Waals surface area contributed by atoms with Crippen molar-refractivity contribution in [2.45, 2.75) is 46.3 Å². The summed E-state index contributed by atoms with van der Waals surface area (Å²) in [7, 11) is -2.24. The van der Waals surface area contributed by atoms with E-state index in [2.05, 4.69) is 188 Å².